The van der Waals surface area contributed by atoms with Crippen LogP contribution in [0.2, 0.25) is 0 Å². The minimum absolute atomic E-state index is 0.0262. The van der Waals surface area contributed by atoms with Crippen molar-refractivity contribution in [2.24, 2.45) is 11.8 Å². The normalized spacial score (nSPS) is 25.5. The number of benzene rings is 4. The molecule has 1 aromatic heterocycles. The summed E-state index contributed by atoms with van der Waals surface area (Å²) in [6.45, 7) is -1.78. The number of aliphatic hydroxyl groups excluding tert-OH is 5. The Morgan fingerprint density at radius 2 is 1.35 bits per heavy atom. The number of amides is 4. The Morgan fingerprint density at radius 3 is 2.00 bits per heavy atom. The predicted molar refractivity (Wildman–Crippen MR) is 360 cm³/mol. The number of nitrogens with zero attached hydrogens (tertiary/aromatic N) is 2. The van der Waals surface area contributed by atoms with E-state index in [0.29, 0.717) is 24.5 Å². The smallest absolute Gasteiger partial charge is 0.338 e. The van der Waals surface area contributed by atoms with Gasteiger partial charge in [-0.3, -0.25) is 32.8 Å². The van der Waals surface area contributed by atoms with Crippen molar-refractivity contribution in [3.05, 3.63) is 102 Å². The van der Waals surface area contributed by atoms with Gasteiger partial charge >= 0.3 is 17.9 Å². The average molecular weight is 1550 g/mol. The van der Waals surface area contributed by atoms with E-state index in [0.717, 1.165) is 43.5 Å². The Balaban J connectivity index is 0.844. The van der Waals surface area contributed by atoms with E-state index in [1.54, 1.807) is 12.1 Å². The van der Waals surface area contributed by atoms with Crippen LogP contribution in [0.4, 0.5) is 11.4 Å². The molecule has 5 aromatic rings. The molecule has 4 aliphatic rings. The van der Waals surface area contributed by atoms with Crippen molar-refractivity contribution >= 4 is 88.1 Å². The van der Waals surface area contributed by atoms with Gasteiger partial charge in [0.1, 0.15) is 66.5 Å². The van der Waals surface area contributed by atoms with Crippen LogP contribution in [0.1, 0.15) is 84.7 Å². The number of esters is 1. The molecule has 580 valence electrons. The molecular weight excluding hydrogens is 1470 g/mol. The molecule has 4 amide bonds. The van der Waals surface area contributed by atoms with E-state index in [2.05, 4.69) is 36.6 Å². The van der Waals surface area contributed by atoms with Crippen molar-refractivity contribution in [3.63, 3.8) is 0 Å². The second kappa shape index (κ2) is 36.1. The lowest BCUT2D eigenvalue weighted by Crippen LogP contribution is -2.65. The first kappa shape index (κ1) is 81.8. The first-order chi connectivity index (χ1) is 50.1. The van der Waals surface area contributed by atoms with Crippen LogP contribution in [0.15, 0.2) is 99.6 Å². The van der Waals surface area contributed by atoms with Crippen molar-refractivity contribution in [2.75, 3.05) is 56.8 Å². The maximum absolute atomic E-state index is 14.5. The summed E-state index contributed by atoms with van der Waals surface area (Å²) in [4.78, 5) is 85.8. The third kappa shape index (κ3) is 21.7. The first-order valence-electron chi connectivity index (χ1n) is 33.2. The van der Waals surface area contributed by atoms with E-state index in [1.165, 1.54) is 49.4 Å². The minimum atomic E-state index is -5.24. The van der Waals surface area contributed by atoms with Crippen LogP contribution in [0.5, 0.6) is 11.9 Å². The molecule has 2 saturated carbocycles. The number of nitrogens with one attached hydrogen (secondary N) is 5. The highest BCUT2D eigenvalue weighted by atomic mass is 32.2. The molecule has 41 heteroatoms. The fourth-order valence-electron chi connectivity index (χ4n) is 12.7. The first-order valence-corrected chi connectivity index (χ1v) is 37.5. The molecule has 16 N–H and O–H groups in total. The summed E-state index contributed by atoms with van der Waals surface area (Å²) in [5.41, 5.74) is -0.376. The highest BCUT2D eigenvalue weighted by molar-refractivity contribution is 7.87. The van der Waals surface area contributed by atoms with E-state index in [9.17, 15) is 109 Å². The monoisotopic (exact) mass is 1550 g/mol. The van der Waals surface area contributed by atoms with Crippen molar-refractivity contribution in [1.29, 1.82) is 0 Å². The number of carboxylic acid groups (broad SMARTS) is 1. The Morgan fingerprint density at radius 1 is 0.679 bits per heavy atom. The number of aromatic hydroxyl groups is 2. The van der Waals surface area contributed by atoms with E-state index < -0.39 is 233 Å². The van der Waals surface area contributed by atoms with Gasteiger partial charge in [0.05, 0.1) is 53.4 Å². The van der Waals surface area contributed by atoms with Crippen molar-refractivity contribution in [3.8, 4) is 11.9 Å². The number of rotatable bonds is 32. The summed E-state index contributed by atoms with van der Waals surface area (Å²) in [5.74, 6) is -7.92. The number of ether oxygens (including phenoxy) is 8. The zero-order valence-electron chi connectivity index (χ0n) is 56.3. The number of carboxylic acids is 1. The van der Waals surface area contributed by atoms with E-state index >= 15 is 0 Å². The Labute approximate surface area is 605 Å². The number of hydrogen-bond acceptors (Lipinski definition) is 30. The van der Waals surface area contributed by atoms with Gasteiger partial charge in [0.25, 0.3) is 36.3 Å². The molecular formula is C65H81N7O31S3. The van der Waals surface area contributed by atoms with Crippen LogP contribution in [-0.4, -0.2) is 257 Å². The predicted octanol–water partition coefficient (Wildman–Crippen LogP) is -0.484. The van der Waals surface area contributed by atoms with E-state index in [4.69, 9.17) is 37.9 Å². The standard InChI is InChI=1S/C65H81N7O31S3/c1-32-52(77)54(79)55(80)63(98-32)103-56-42(70-60(82)43-27-48(74)72-65(86)71-43)23-37(24-44(56)100-64-58(102-62(85)35-12-6-3-7-13-35)57(53(78)46(29-73)101-64)99-45(61(83)84)20-33-9-4-2-5-10-33)59(81)67-16-15-66-49(75)30-96-17-18-97-31-50(76)69-38-14-8-11-34(19-38)28-68-41-25-39(104(87,88)89)21-36-22-40(105(90,91)92)26-47(51(36)41)106(93,94)95/h3,6-8,11-14,19,21-22,25-27,32-33,37,42,44-46,52-58,63-64,68,73,77-80H,2,4-5,9-10,15-18,20,23-24,28-31H2,1H3,(H,66,75)(H,67,81)(H,69,76)(H,70,82)(H,83,84)(H,87,88,89)(H,90,91,92)(H,93,94,95)(H2,71,72,74,86)/t32?,37?,42?,44?,45-,46?,52?,53?,54?,55?,56?,57?,58?,63?,64?/m0/s1. The van der Waals surface area contributed by atoms with Crippen LogP contribution >= 0.6 is 0 Å². The van der Waals surface area contributed by atoms with Crippen LogP contribution in [0, 0.1) is 11.8 Å². The van der Waals surface area contributed by atoms with Gasteiger partial charge in [-0.25, -0.2) is 9.59 Å². The van der Waals surface area contributed by atoms with Crippen molar-refractivity contribution in [1.82, 2.24) is 25.9 Å². The molecule has 9 rings (SSSR count). The largest absolute Gasteiger partial charge is 0.493 e. The number of fused-ring (bicyclic) bond motifs is 1. The minimum Gasteiger partial charge on any atom is -0.493 e. The van der Waals surface area contributed by atoms with Gasteiger partial charge in [-0.1, -0.05) is 62.4 Å². The van der Waals surface area contributed by atoms with E-state index in [-0.39, 0.29) is 62.1 Å². The molecule has 0 bridgehead atoms. The van der Waals surface area contributed by atoms with Gasteiger partial charge < -0.3 is 105 Å². The van der Waals surface area contributed by atoms with Gasteiger partial charge in [-0.05, 0) is 91.6 Å². The molecule has 4 fully saturated rings. The van der Waals surface area contributed by atoms with Crippen molar-refractivity contribution in [2.45, 2.75) is 165 Å². The Bertz CT molecular complexity index is 4290. The van der Waals surface area contributed by atoms with Gasteiger partial charge in [-0.2, -0.15) is 35.2 Å². The van der Waals surface area contributed by atoms with Crippen LogP contribution < -0.4 is 26.6 Å². The molecule has 2 aliphatic carbocycles. The fraction of sp³-hybridized carbons (Fsp3) is 0.508. The summed E-state index contributed by atoms with van der Waals surface area (Å²) in [7, 11) is -15.4. The average Bonchev–Trinajstić information content (AvgIpc) is 0.758. The van der Waals surface area contributed by atoms with Crippen LogP contribution in [0.25, 0.3) is 10.8 Å². The summed E-state index contributed by atoms with van der Waals surface area (Å²) in [6.07, 6.45) is -19.8. The number of carbonyl (C=O) groups is 6. The van der Waals surface area contributed by atoms with Crippen LogP contribution in [0.3, 0.4) is 0 Å². The topological polar surface area (TPSA) is 587 Å². The molecule has 0 spiro atoms. The molecule has 38 nitrogen and oxygen atoms in total. The number of aliphatic carboxylic acids is 1. The Kier molecular flexibility index (Phi) is 27.8. The third-order valence-electron chi connectivity index (χ3n) is 17.9. The summed E-state index contributed by atoms with van der Waals surface area (Å²) in [6, 6.07) is 14.4. The Hall–Kier alpha value is -8.31. The molecule has 106 heavy (non-hydrogen) atoms. The second-order valence-corrected chi connectivity index (χ2v) is 29.7. The number of aliphatic hydroxyl groups is 5. The van der Waals surface area contributed by atoms with Gasteiger partial charge in [-0.15, -0.1) is 0 Å². The zero-order valence-corrected chi connectivity index (χ0v) is 58.8. The lowest BCUT2D eigenvalue weighted by molar-refractivity contribution is -0.347. The lowest BCUT2D eigenvalue weighted by Gasteiger charge is -2.48. The molecule has 2 aliphatic heterocycles. The third-order valence-corrected chi connectivity index (χ3v) is 20.4. The zero-order chi connectivity index (χ0) is 76.9. The maximum atomic E-state index is 14.5. The number of aromatic nitrogens is 2. The second-order valence-electron chi connectivity index (χ2n) is 25.5. The van der Waals surface area contributed by atoms with Gasteiger partial charge in [0.2, 0.25) is 23.6 Å². The SMILES string of the molecule is CC1OC(OC2C(NC(=O)c3cc(O)nc(O)n3)CC(C(=O)NCCNC(=O)COCCOCC(=O)Nc3cccc(CNc4cc(S(=O)(=O)O)cc5cc(S(=O)(=O)O)cc(S(=O)(=O)O)c45)c3)CC2OC2OC(CO)C(O)C(O[C@@H](CC3CCCCC3)C(=O)O)C2OC(=O)c2ccccc2)C(O)C(O)C1O. The summed E-state index contributed by atoms with van der Waals surface area (Å²) >= 11 is 0. The number of anilines is 2. The number of hydrogen-bond donors (Lipinski definition) is 16. The number of carbonyl (C=O) groups excluding carboxylic acids is 5. The lowest BCUT2D eigenvalue weighted by atomic mass is 9.80. The molecule has 15 atom stereocenters. The molecule has 3 heterocycles. The van der Waals surface area contributed by atoms with Gasteiger partial charge in [0.15, 0.2) is 24.8 Å². The maximum Gasteiger partial charge on any atom is 0.338 e. The molecule has 2 saturated heterocycles. The fourth-order valence-corrected chi connectivity index (χ4v) is 14.6. The van der Waals surface area contributed by atoms with E-state index in [1.807, 2.05) is 0 Å². The highest BCUT2D eigenvalue weighted by Crippen LogP contribution is 2.40. The molecule has 14 unspecified atom stereocenters. The van der Waals surface area contributed by atoms with Gasteiger partial charge in [0, 0.05) is 48.4 Å². The summed E-state index contributed by atoms with van der Waals surface area (Å²) in [5, 5.41) is 98.9. The van der Waals surface area contributed by atoms with Crippen LogP contribution in [-0.2, 0) is 94.0 Å². The highest BCUT2D eigenvalue weighted by Gasteiger charge is 2.55. The van der Waals surface area contributed by atoms with Crippen molar-refractivity contribution < 1.29 is 146 Å². The quantitative estimate of drug-likeness (QED) is 0.0147. The summed E-state index contributed by atoms with van der Waals surface area (Å²) < 4.78 is 151. The molecule has 0 radical (unpaired) electrons. The molecule has 4 aromatic carbocycles.